The second kappa shape index (κ2) is 5.63. The molecule has 0 fully saturated rings. The summed E-state index contributed by atoms with van der Waals surface area (Å²) in [6.45, 7) is 4.42. The Morgan fingerprint density at radius 2 is 2.15 bits per heavy atom. The third-order valence-corrected chi connectivity index (χ3v) is 3.22. The molecule has 5 heteroatoms. The van der Waals surface area contributed by atoms with Crippen LogP contribution in [-0.4, -0.2) is 24.2 Å². The minimum atomic E-state index is -0.366. The number of aliphatic hydroxyl groups is 1. The van der Waals surface area contributed by atoms with Crippen molar-refractivity contribution < 1.29 is 18.7 Å². The minimum absolute atomic E-state index is 0.0762. The van der Waals surface area contributed by atoms with Crippen LogP contribution in [0.1, 0.15) is 30.8 Å². The Morgan fingerprint density at radius 3 is 2.85 bits per heavy atom. The van der Waals surface area contributed by atoms with Crippen LogP contribution in [0.3, 0.4) is 0 Å². The predicted octanol–water partition coefficient (Wildman–Crippen LogP) is 2.71. The molecule has 0 bridgehead atoms. The Balaban J connectivity index is 2.08. The van der Waals surface area contributed by atoms with Crippen LogP contribution >= 0.6 is 0 Å². The Hall–Kier alpha value is -1.88. The summed E-state index contributed by atoms with van der Waals surface area (Å²) in [6.07, 6.45) is 0.596. The number of hydrogen-bond acceptors (Lipinski definition) is 3. The van der Waals surface area contributed by atoms with E-state index in [9.17, 15) is 9.18 Å². The molecule has 0 aliphatic heterocycles. The van der Waals surface area contributed by atoms with Gasteiger partial charge in [-0.3, -0.25) is 4.79 Å². The second-order valence-corrected chi connectivity index (χ2v) is 5.61. The van der Waals surface area contributed by atoms with Gasteiger partial charge in [0.1, 0.15) is 11.4 Å². The molecule has 4 nitrogen and oxygen atoms in total. The molecule has 0 aliphatic carbocycles. The zero-order valence-corrected chi connectivity index (χ0v) is 11.6. The maximum atomic E-state index is 13.1. The molecule has 0 spiro atoms. The molecule has 1 heterocycles. The van der Waals surface area contributed by atoms with Crippen molar-refractivity contribution in [1.82, 2.24) is 5.32 Å². The largest absolute Gasteiger partial charge is 0.451 e. The number of furan rings is 1. The van der Waals surface area contributed by atoms with Crippen molar-refractivity contribution in [1.29, 1.82) is 0 Å². The lowest BCUT2D eigenvalue weighted by Crippen LogP contribution is -2.34. The van der Waals surface area contributed by atoms with Crippen LogP contribution in [0.2, 0.25) is 0 Å². The summed E-state index contributed by atoms with van der Waals surface area (Å²) < 4.78 is 18.5. The van der Waals surface area contributed by atoms with Gasteiger partial charge in [-0.1, -0.05) is 13.8 Å². The fourth-order valence-corrected chi connectivity index (χ4v) is 1.92. The summed E-state index contributed by atoms with van der Waals surface area (Å²) in [7, 11) is 0. The quantitative estimate of drug-likeness (QED) is 0.884. The van der Waals surface area contributed by atoms with Crippen molar-refractivity contribution in [2.24, 2.45) is 5.41 Å². The smallest absolute Gasteiger partial charge is 0.287 e. The van der Waals surface area contributed by atoms with E-state index in [0.717, 1.165) is 0 Å². The standard InChI is InChI=1S/C15H18FNO3/c1-15(2,5-6-18)9-17-14(19)13-8-10-7-11(16)3-4-12(10)20-13/h3-4,7-8,18H,5-6,9H2,1-2H3,(H,17,19). The van der Waals surface area contributed by atoms with E-state index in [2.05, 4.69) is 5.32 Å². The van der Waals surface area contributed by atoms with Crippen molar-refractivity contribution in [3.8, 4) is 0 Å². The van der Waals surface area contributed by atoms with Gasteiger partial charge in [-0.05, 0) is 36.1 Å². The number of fused-ring (bicyclic) bond motifs is 1. The fourth-order valence-electron chi connectivity index (χ4n) is 1.92. The molecule has 2 N–H and O–H groups in total. The first-order valence-corrected chi connectivity index (χ1v) is 6.49. The summed E-state index contributed by atoms with van der Waals surface area (Å²) in [6, 6.07) is 5.63. The van der Waals surface area contributed by atoms with Crippen LogP contribution in [0.5, 0.6) is 0 Å². The molecule has 0 saturated carbocycles. The number of hydrogen-bond donors (Lipinski definition) is 2. The normalized spacial score (nSPS) is 11.8. The highest BCUT2D eigenvalue weighted by molar-refractivity contribution is 5.96. The lowest BCUT2D eigenvalue weighted by molar-refractivity contribution is 0.0902. The first kappa shape index (κ1) is 14.5. The summed E-state index contributed by atoms with van der Waals surface area (Å²) >= 11 is 0. The van der Waals surface area contributed by atoms with Crippen molar-refractivity contribution >= 4 is 16.9 Å². The molecular formula is C15H18FNO3. The number of halogens is 1. The maximum absolute atomic E-state index is 13.1. The molecule has 2 rings (SSSR count). The van der Waals surface area contributed by atoms with Gasteiger partial charge in [0.15, 0.2) is 5.76 Å². The van der Waals surface area contributed by atoms with Gasteiger partial charge in [0, 0.05) is 18.5 Å². The van der Waals surface area contributed by atoms with Gasteiger partial charge in [0.25, 0.3) is 5.91 Å². The van der Waals surface area contributed by atoms with Crippen LogP contribution in [-0.2, 0) is 0 Å². The summed E-state index contributed by atoms with van der Waals surface area (Å²) in [5.41, 5.74) is 0.286. The van der Waals surface area contributed by atoms with E-state index in [1.54, 1.807) is 0 Å². The van der Waals surface area contributed by atoms with Gasteiger partial charge in [0.2, 0.25) is 0 Å². The van der Waals surface area contributed by atoms with E-state index in [0.29, 0.717) is 23.9 Å². The average Bonchev–Trinajstić information content (AvgIpc) is 2.79. The lowest BCUT2D eigenvalue weighted by Gasteiger charge is -2.23. The molecule has 108 valence electrons. The van der Waals surface area contributed by atoms with E-state index in [-0.39, 0.29) is 29.5 Å². The van der Waals surface area contributed by atoms with Crippen LogP contribution in [0.25, 0.3) is 11.0 Å². The van der Waals surface area contributed by atoms with Gasteiger partial charge >= 0.3 is 0 Å². The monoisotopic (exact) mass is 279 g/mol. The number of carbonyl (C=O) groups excluding carboxylic acids is 1. The highest BCUT2D eigenvalue weighted by Crippen LogP contribution is 2.21. The van der Waals surface area contributed by atoms with Crippen molar-refractivity contribution in [2.45, 2.75) is 20.3 Å². The van der Waals surface area contributed by atoms with E-state index < -0.39 is 0 Å². The van der Waals surface area contributed by atoms with E-state index >= 15 is 0 Å². The van der Waals surface area contributed by atoms with Crippen molar-refractivity contribution in [3.05, 3.63) is 35.8 Å². The van der Waals surface area contributed by atoms with Gasteiger partial charge in [-0.25, -0.2) is 4.39 Å². The first-order valence-electron chi connectivity index (χ1n) is 6.49. The van der Waals surface area contributed by atoms with E-state index in [1.807, 2.05) is 13.8 Å². The average molecular weight is 279 g/mol. The van der Waals surface area contributed by atoms with Crippen molar-refractivity contribution in [3.63, 3.8) is 0 Å². The zero-order valence-electron chi connectivity index (χ0n) is 11.6. The van der Waals surface area contributed by atoms with Gasteiger partial charge < -0.3 is 14.8 Å². The lowest BCUT2D eigenvalue weighted by atomic mass is 9.90. The molecule has 1 aromatic carbocycles. The first-order chi connectivity index (χ1) is 9.41. The molecule has 20 heavy (non-hydrogen) atoms. The second-order valence-electron chi connectivity index (χ2n) is 5.61. The third kappa shape index (κ3) is 3.36. The van der Waals surface area contributed by atoms with E-state index in [1.165, 1.54) is 24.3 Å². The molecule has 0 unspecified atom stereocenters. The number of amides is 1. The molecular weight excluding hydrogens is 261 g/mol. The van der Waals surface area contributed by atoms with Crippen LogP contribution in [0.4, 0.5) is 4.39 Å². The summed E-state index contributed by atoms with van der Waals surface area (Å²) in [5.74, 6) is -0.549. The molecule has 0 atom stereocenters. The van der Waals surface area contributed by atoms with Crippen LogP contribution < -0.4 is 5.32 Å². The Morgan fingerprint density at radius 1 is 1.40 bits per heavy atom. The van der Waals surface area contributed by atoms with Gasteiger partial charge in [-0.2, -0.15) is 0 Å². The molecule has 2 aromatic rings. The van der Waals surface area contributed by atoms with Crippen LogP contribution in [0, 0.1) is 11.2 Å². The minimum Gasteiger partial charge on any atom is -0.451 e. The zero-order chi connectivity index (χ0) is 14.8. The Labute approximate surface area is 116 Å². The summed E-state index contributed by atoms with van der Waals surface area (Å²) in [5, 5.41) is 12.3. The molecule has 0 aliphatic rings. The summed E-state index contributed by atoms with van der Waals surface area (Å²) in [4.78, 5) is 12.0. The fraction of sp³-hybridized carbons (Fsp3) is 0.400. The maximum Gasteiger partial charge on any atom is 0.287 e. The van der Waals surface area contributed by atoms with Crippen LogP contribution in [0.15, 0.2) is 28.7 Å². The predicted molar refractivity (Wildman–Crippen MR) is 74.0 cm³/mol. The topological polar surface area (TPSA) is 62.5 Å². The van der Waals surface area contributed by atoms with E-state index in [4.69, 9.17) is 9.52 Å². The number of rotatable bonds is 5. The highest BCUT2D eigenvalue weighted by atomic mass is 19.1. The SMILES string of the molecule is CC(C)(CCO)CNC(=O)c1cc2cc(F)ccc2o1. The number of benzene rings is 1. The van der Waals surface area contributed by atoms with Gasteiger partial charge in [0.05, 0.1) is 0 Å². The van der Waals surface area contributed by atoms with Gasteiger partial charge in [-0.15, -0.1) is 0 Å². The number of nitrogens with one attached hydrogen (secondary N) is 1. The molecule has 0 radical (unpaired) electrons. The number of carbonyl (C=O) groups is 1. The number of aliphatic hydroxyl groups excluding tert-OH is 1. The molecule has 1 aromatic heterocycles. The van der Waals surface area contributed by atoms with Crippen molar-refractivity contribution in [2.75, 3.05) is 13.2 Å². The molecule has 1 amide bonds. The Bertz CT molecular complexity index is 619. The highest BCUT2D eigenvalue weighted by Gasteiger charge is 2.20. The Kier molecular flexibility index (Phi) is 4.09. The third-order valence-electron chi connectivity index (χ3n) is 3.22. The molecule has 0 saturated heterocycles.